The van der Waals surface area contributed by atoms with E-state index in [1.165, 1.54) is 12.1 Å². The monoisotopic (exact) mass is 417 g/mol. The van der Waals surface area contributed by atoms with E-state index in [4.69, 9.17) is 4.74 Å². The van der Waals surface area contributed by atoms with Gasteiger partial charge in [0.1, 0.15) is 0 Å². The van der Waals surface area contributed by atoms with Crippen molar-refractivity contribution in [3.63, 3.8) is 0 Å². The summed E-state index contributed by atoms with van der Waals surface area (Å²) in [5.41, 5.74) is 0.514. The van der Waals surface area contributed by atoms with Crippen LogP contribution in [0.5, 0.6) is 0 Å². The predicted octanol–water partition coefficient (Wildman–Crippen LogP) is 1.39. The summed E-state index contributed by atoms with van der Waals surface area (Å²) in [7, 11) is -1.69. The maximum absolute atomic E-state index is 12.6. The van der Waals surface area contributed by atoms with Crippen LogP contribution in [0.1, 0.15) is 36.0 Å². The Morgan fingerprint density at radius 3 is 2.59 bits per heavy atom. The first kappa shape index (κ1) is 22.1. The van der Waals surface area contributed by atoms with E-state index in [9.17, 15) is 13.2 Å². The SMILES string of the molecule is CNC1CCCN(C(=O)c2ccc(S(=O)(=O)NCC3CCCO3)cc2)C1.Cl. The summed E-state index contributed by atoms with van der Waals surface area (Å²) < 4.78 is 32.8. The second kappa shape index (κ2) is 9.84. The molecule has 0 radical (unpaired) electrons. The van der Waals surface area contributed by atoms with Crippen LogP contribution < -0.4 is 10.0 Å². The number of hydrogen-bond donors (Lipinski definition) is 2. The summed E-state index contributed by atoms with van der Waals surface area (Å²) >= 11 is 0. The van der Waals surface area contributed by atoms with Gasteiger partial charge in [-0.25, -0.2) is 13.1 Å². The predicted molar refractivity (Wildman–Crippen MR) is 106 cm³/mol. The molecule has 1 amide bonds. The molecule has 2 saturated heterocycles. The molecule has 0 bridgehead atoms. The number of nitrogens with one attached hydrogen (secondary N) is 2. The molecule has 9 heteroatoms. The number of benzene rings is 1. The van der Waals surface area contributed by atoms with E-state index in [-0.39, 0.29) is 35.9 Å². The van der Waals surface area contributed by atoms with Crippen LogP contribution in [0.4, 0.5) is 0 Å². The molecule has 2 heterocycles. The molecule has 2 N–H and O–H groups in total. The summed E-state index contributed by atoms with van der Waals surface area (Å²) in [6.07, 6.45) is 3.82. The molecule has 2 fully saturated rings. The number of nitrogens with zero attached hydrogens (tertiary/aromatic N) is 1. The first-order chi connectivity index (χ1) is 12.5. The summed E-state index contributed by atoms with van der Waals surface area (Å²) in [6, 6.07) is 6.47. The van der Waals surface area contributed by atoms with Crippen molar-refractivity contribution in [2.24, 2.45) is 0 Å². The van der Waals surface area contributed by atoms with Crippen LogP contribution in [0.2, 0.25) is 0 Å². The van der Waals surface area contributed by atoms with Crippen molar-refractivity contribution in [2.75, 3.05) is 33.3 Å². The summed E-state index contributed by atoms with van der Waals surface area (Å²) in [5, 5.41) is 3.21. The van der Waals surface area contributed by atoms with Gasteiger partial charge in [0.15, 0.2) is 0 Å². The fourth-order valence-electron chi connectivity index (χ4n) is 3.45. The molecule has 152 valence electrons. The number of piperidine rings is 1. The zero-order valence-electron chi connectivity index (χ0n) is 15.5. The Kier molecular flexibility index (Phi) is 8.05. The highest BCUT2D eigenvalue weighted by atomic mass is 35.5. The van der Waals surface area contributed by atoms with Crippen LogP contribution in [0.3, 0.4) is 0 Å². The number of likely N-dealkylation sites (N-methyl/N-ethyl adjacent to an activating group) is 1. The minimum absolute atomic E-state index is 0. The third-order valence-electron chi connectivity index (χ3n) is 5.05. The Morgan fingerprint density at radius 1 is 1.22 bits per heavy atom. The number of amides is 1. The molecule has 3 rings (SSSR count). The lowest BCUT2D eigenvalue weighted by Crippen LogP contribution is -2.46. The number of carbonyl (C=O) groups is 1. The first-order valence-electron chi connectivity index (χ1n) is 9.17. The largest absolute Gasteiger partial charge is 0.377 e. The number of likely N-dealkylation sites (tertiary alicyclic amines) is 1. The molecule has 1 aromatic rings. The fraction of sp³-hybridized carbons (Fsp3) is 0.611. The van der Waals surface area contributed by atoms with Crippen molar-refractivity contribution in [3.05, 3.63) is 29.8 Å². The van der Waals surface area contributed by atoms with E-state index in [1.54, 1.807) is 12.1 Å². The quantitative estimate of drug-likeness (QED) is 0.730. The Balaban J connectivity index is 0.00000261. The van der Waals surface area contributed by atoms with Crippen LogP contribution in [-0.4, -0.2) is 64.7 Å². The molecule has 27 heavy (non-hydrogen) atoms. The molecule has 0 aromatic heterocycles. The van der Waals surface area contributed by atoms with E-state index < -0.39 is 10.0 Å². The summed E-state index contributed by atoms with van der Waals surface area (Å²) in [4.78, 5) is 14.6. The Bertz CT molecular complexity index is 721. The second-order valence-corrected chi connectivity index (χ2v) is 8.66. The fourth-order valence-corrected chi connectivity index (χ4v) is 4.51. The molecule has 0 aliphatic carbocycles. The topological polar surface area (TPSA) is 87.7 Å². The van der Waals surface area contributed by atoms with Crippen LogP contribution in [0.15, 0.2) is 29.2 Å². The van der Waals surface area contributed by atoms with Crippen molar-refractivity contribution < 1.29 is 17.9 Å². The molecule has 7 nitrogen and oxygen atoms in total. The highest BCUT2D eigenvalue weighted by Crippen LogP contribution is 2.17. The summed E-state index contributed by atoms with van der Waals surface area (Å²) in [5.74, 6) is -0.0544. The van der Waals surface area contributed by atoms with Gasteiger partial charge in [-0.2, -0.15) is 0 Å². The van der Waals surface area contributed by atoms with Gasteiger partial charge in [-0.15, -0.1) is 12.4 Å². The Hall–Kier alpha value is -1.19. The van der Waals surface area contributed by atoms with Gasteiger partial charge in [0, 0.05) is 37.8 Å². The van der Waals surface area contributed by atoms with Crippen molar-refractivity contribution in [1.29, 1.82) is 0 Å². The third kappa shape index (κ3) is 5.65. The highest BCUT2D eigenvalue weighted by molar-refractivity contribution is 7.89. The lowest BCUT2D eigenvalue weighted by atomic mass is 10.0. The average Bonchev–Trinajstić information content (AvgIpc) is 3.20. The third-order valence-corrected chi connectivity index (χ3v) is 6.49. The lowest BCUT2D eigenvalue weighted by molar-refractivity contribution is 0.0698. The maximum atomic E-state index is 12.6. The van der Waals surface area contributed by atoms with Crippen molar-refractivity contribution in [1.82, 2.24) is 14.9 Å². The van der Waals surface area contributed by atoms with Crippen molar-refractivity contribution in [3.8, 4) is 0 Å². The van der Waals surface area contributed by atoms with Gasteiger partial charge in [0.05, 0.1) is 11.0 Å². The molecule has 0 saturated carbocycles. The first-order valence-corrected chi connectivity index (χ1v) is 10.7. The van der Waals surface area contributed by atoms with Crippen molar-refractivity contribution >= 4 is 28.3 Å². The van der Waals surface area contributed by atoms with Gasteiger partial charge in [0.25, 0.3) is 5.91 Å². The highest BCUT2D eigenvalue weighted by Gasteiger charge is 2.24. The number of halogens is 1. The molecular weight excluding hydrogens is 390 g/mol. The van der Waals surface area contributed by atoms with E-state index >= 15 is 0 Å². The number of hydrogen-bond acceptors (Lipinski definition) is 5. The lowest BCUT2D eigenvalue weighted by Gasteiger charge is -2.32. The molecule has 2 aliphatic heterocycles. The molecular formula is C18H28ClN3O4S. The van der Waals surface area contributed by atoms with Gasteiger partial charge in [-0.3, -0.25) is 4.79 Å². The van der Waals surface area contributed by atoms with E-state index in [1.807, 2.05) is 11.9 Å². The van der Waals surface area contributed by atoms with Crippen LogP contribution in [-0.2, 0) is 14.8 Å². The zero-order valence-corrected chi connectivity index (χ0v) is 17.2. The van der Waals surface area contributed by atoms with E-state index in [2.05, 4.69) is 10.0 Å². The molecule has 2 atom stereocenters. The summed E-state index contributed by atoms with van der Waals surface area (Å²) in [6.45, 7) is 2.38. The minimum Gasteiger partial charge on any atom is -0.377 e. The van der Waals surface area contributed by atoms with Gasteiger partial charge >= 0.3 is 0 Å². The molecule has 2 unspecified atom stereocenters. The Morgan fingerprint density at radius 2 is 1.96 bits per heavy atom. The van der Waals surface area contributed by atoms with E-state index in [0.717, 1.165) is 32.2 Å². The van der Waals surface area contributed by atoms with Gasteiger partial charge in [0.2, 0.25) is 10.0 Å². The zero-order chi connectivity index (χ0) is 18.6. The van der Waals surface area contributed by atoms with Crippen LogP contribution in [0.25, 0.3) is 0 Å². The molecule has 2 aliphatic rings. The number of ether oxygens (including phenoxy) is 1. The smallest absolute Gasteiger partial charge is 0.253 e. The maximum Gasteiger partial charge on any atom is 0.253 e. The van der Waals surface area contributed by atoms with E-state index in [0.29, 0.717) is 24.8 Å². The van der Waals surface area contributed by atoms with Gasteiger partial charge in [-0.05, 0) is 57.0 Å². The second-order valence-electron chi connectivity index (χ2n) is 6.89. The van der Waals surface area contributed by atoms with Gasteiger partial charge < -0.3 is 15.0 Å². The average molecular weight is 418 g/mol. The van der Waals surface area contributed by atoms with Gasteiger partial charge in [-0.1, -0.05) is 0 Å². The Labute approximate surface area is 167 Å². The molecule has 1 aromatic carbocycles. The van der Waals surface area contributed by atoms with Crippen LogP contribution in [0, 0.1) is 0 Å². The number of rotatable bonds is 6. The number of sulfonamides is 1. The number of carbonyl (C=O) groups excluding carboxylic acids is 1. The van der Waals surface area contributed by atoms with Crippen molar-refractivity contribution in [2.45, 2.75) is 42.7 Å². The standard InChI is InChI=1S/C18H27N3O4S.ClH/c1-19-15-4-2-10-21(13-15)18(22)14-6-8-17(9-7-14)26(23,24)20-12-16-5-3-11-25-16;/h6-9,15-16,19-20H,2-5,10-13H2,1H3;1H. The molecule has 0 spiro atoms. The minimum atomic E-state index is -3.59. The van der Waals surface area contributed by atoms with Crippen LogP contribution >= 0.6 is 12.4 Å². The normalized spacial score (nSPS) is 23.1.